The Balaban J connectivity index is 1.74. The van der Waals surface area contributed by atoms with Gasteiger partial charge in [0, 0.05) is 53.4 Å². The Hall–Kier alpha value is -4.56. The summed E-state index contributed by atoms with van der Waals surface area (Å²) < 4.78 is 14.7. The zero-order chi connectivity index (χ0) is 27.9. The number of aromatic nitrogens is 4. The van der Waals surface area contributed by atoms with Crippen LogP contribution in [0.25, 0.3) is 33.4 Å². The summed E-state index contributed by atoms with van der Waals surface area (Å²) in [6.07, 6.45) is 10.6. The van der Waals surface area contributed by atoms with Crippen molar-refractivity contribution in [1.29, 1.82) is 0 Å². The molecule has 1 aromatic carbocycles. The van der Waals surface area contributed by atoms with Gasteiger partial charge in [-0.1, -0.05) is 31.4 Å². The van der Waals surface area contributed by atoms with Crippen LogP contribution < -0.4 is 5.32 Å². The largest absolute Gasteiger partial charge is 0.384 e. The maximum atomic E-state index is 14.7. The number of allylic oxidation sites excluding steroid dienone is 4. The molecule has 3 aromatic heterocycles. The van der Waals surface area contributed by atoms with Gasteiger partial charge in [-0.15, -0.1) is 0 Å². The predicted octanol–water partition coefficient (Wildman–Crippen LogP) is 6.61. The number of pyridine rings is 1. The average molecular weight is 524 g/mol. The Morgan fingerprint density at radius 2 is 2.00 bits per heavy atom. The first-order valence-electron chi connectivity index (χ1n) is 12.7. The molecule has 4 aromatic rings. The zero-order valence-corrected chi connectivity index (χ0v) is 22.8. The lowest BCUT2D eigenvalue weighted by molar-refractivity contribution is 0.425. The van der Waals surface area contributed by atoms with E-state index in [-0.39, 0.29) is 5.82 Å². The van der Waals surface area contributed by atoms with Gasteiger partial charge in [-0.05, 0) is 69.4 Å². The van der Waals surface area contributed by atoms with Gasteiger partial charge < -0.3 is 15.2 Å². The maximum Gasteiger partial charge on any atom is 0.125 e. The fourth-order valence-electron chi connectivity index (χ4n) is 4.40. The average Bonchev–Trinajstić information content (AvgIpc) is 3.50. The fourth-order valence-corrected chi connectivity index (χ4v) is 4.40. The Kier molecular flexibility index (Phi) is 8.68. The van der Waals surface area contributed by atoms with Crippen LogP contribution in [0.15, 0.2) is 79.1 Å². The van der Waals surface area contributed by atoms with Gasteiger partial charge in [-0.2, -0.15) is 5.10 Å². The van der Waals surface area contributed by atoms with Crippen LogP contribution in [0, 0.1) is 12.7 Å². The van der Waals surface area contributed by atoms with Crippen molar-refractivity contribution in [3.05, 3.63) is 102 Å². The second kappa shape index (κ2) is 12.3. The lowest BCUT2D eigenvalue weighted by Gasteiger charge is -2.14. The minimum atomic E-state index is -0.304. The molecule has 200 valence electrons. The van der Waals surface area contributed by atoms with Crippen LogP contribution in [-0.4, -0.2) is 58.5 Å². The van der Waals surface area contributed by atoms with E-state index in [1.807, 2.05) is 58.3 Å². The molecule has 0 aliphatic heterocycles. The number of benzene rings is 1. The van der Waals surface area contributed by atoms with E-state index in [4.69, 9.17) is 0 Å². The molecule has 0 fully saturated rings. The summed E-state index contributed by atoms with van der Waals surface area (Å²) >= 11 is 0. The second-order valence-electron chi connectivity index (χ2n) is 9.39. The Morgan fingerprint density at radius 1 is 1.18 bits per heavy atom. The topological polar surface area (TPSA) is 85.0 Å². The van der Waals surface area contributed by atoms with Crippen molar-refractivity contribution < 1.29 is 4.39 Å². The molecule has 0 saturated heterocycles. The number of hydrogen-bond acceptors (Lipinski definition) is 5. The molecule has 7 nitrogen and oxygen atoms in total. The molecule has 0 amide bonds. The smallest absolute Gasteiger partial charge is 0.125 e. The number of fused-ring (bicyclic) bond motifs is 1. The van der Waals surface area contributed by atoms with Crippen LogP contribution in [0.3, 0.4) is 0 Å². The molecule has 0 bridgehead atoms. The number of aryl methyl sites for hydroxylation is 1. The molecular formula is C31H34FN7. The SMILES string of the molecule is C=C/C=C(/c1cc(F)cc(NCCN(C)C)c1)c1cc(-c2n[nH]c3cnc(/C(C=NC=C)=C/C)cc23)[nH]c1C. The van der Waals surface area contributed by atoms with Gasteiger partial charge >= 0.3 is 0 Å². The van der Waals surface area contributed by atoms with Gasteiger partial charge in [0.2, 0.25) is 0 Å². The molecule has 0 aliphatic rings. The first kappa shape index (κ1) is 27.5. The lowest BCUT2D eigenvalue weighted by atomic mass is 9.96. The molecule has 0 spiro atoms. The Labute approximate surface area is 228 Å². The van der Waals surface area contributed by atoms with E-state index < -0.39 is 0 Å². The van der Waals surface area contributed by atoms with Crippen molar-refractivity contribution >= 4 is 34.0 Å². The summed E-state index contributed by atoms with van der Waals surface area (Å²) in [6, 6.07) is 9.06. The summed E-state index contributed by atoms with van der Waals surface area (Å²) in [7, 11) is 4.01. The number of rotatable bonds is 11. The van der Waals surface area contributed by atoms with Gasteiger partial charge in [-0.25, -0.2) is 4.39 Å². The van der Waals surface area contributed by atoms with E-state index in [9.17, 15) is 4.39 Å². The quantitative estimate of drug-likeness (QED) is 0.153. The van der Waals surface area contributed by atoms with Crippen molar-refractivity contribution in [2.45, 2.75) is 13.8 Å². The second-order valence-corrected chi connectivity index (χ2v) is 9.39. The Morgan fingerprint density at radius 3 is 2.72 bits per heavy atom. The molecule has 4 rings (SSSR count). The number of likely N-dealkylation sites (N-methyl/N-ethyl adjacent to an activating group) is 1. The number of halogens is 1. The molecule has 3 N–H and O–H groups in total. The van der Waals surface area contributed by atoms with Crippen LogP contribution in [0.4, 0.5) is 10.1 Å². The van der Waals surface area contributed by atoms with Crippen molar-refractivity contribution in [1.82, 2.24) is 25.1 Å². The zero-order valence-electron chi connectivity index (χ0n) is 22.8. The molecule has 0 radical (unpaired) electrons. The highest BCUT2D eigenvalue weighted by atomic mass is 19.1. The molecule has 39 heavy (non-hydrogen) atoms. The molecular weight excluding hydrogens is 489 g/mol. The summed E-state index contributed by atoms with van der Waals surface area (Å²) in [6.45, 7) is 13.0. The number of H-pyrrole nitrogens is 2. The Bertz CT molecular complexity index is 1580. The molecule has 0 saturated carbocycles. The van der Waals surface area contributed by atoms with Crippen molar-refractivity contribution in [3.63, 3.8) is 0 Å². The van der Waals surface area contributed by atoms with Crippen molar-refractivity contribution in [2.24, 2.45) is 4.99 Å². The molecule has 3 heterocycles. The summed E-state index contributed by atoms with van der Waals surface area (Å²) in [5, 5.41) is 11.9. The number of nitrogens with one attached hydrogen (secondary N) is 3. The summed E-state index contributed by atoms with van der Waals surface area (Å²) in [5.74, 6) is -0.304. The molecule has 0 aliphatic carbocycles. The van der Waals surface area contributed by atoms with Crippen LogP contribution in [0.5, 0.6) is 0 Å². The fraction of sp³-hybridized carbons (Fsp3) is 0.194. The highest BCUT2D eigenvalue weighted by Crippen LogP contribution is 2.34. The highest BCUT2D eigenvalue weighted by Gasteiger charge is 2.17. The van der Waals surface area contributed by atoms with Gasteiger partial charge in [0.15, 0.2) is 0 Å². The first-order valence-corrected chi connectivity index (χ1v) is 12.7. The monoisotopic (exact) mass is 523 g/mol. The van der Waals surface area contributed by atoms with Crippen LogP contribution in [0.1, 0.15) is 29.4 Å². The van der Waals surface area contributed by atoms with Gasteiger partial charge in [0.25, 0.3) is 0 Å². The third kappa shape index (κ3) is 6.30. The lowest BCUT2D eigenvalue weighted by Crippen LogP contribution is -2.20. The third-order valence-corrected chi connectivity index (χ3v) is 6.31. The highest BCUT2D eigenvalue weighted by molar-refractivity contribution is 6.10. The van der Waals surface area contributed by atoms with Crippen molar-refractivity contribution in [3.8, 4) is 11.4 Å². The predicted molar refractivity (Wildman–Crippen MR) is 161 cm³/mol. The number of nitrogens with zero attached hydrogens (tertiary/aromatic N) is 4. The van der Waals surface area contributed by atoms with Gasteiger partial charge in [-0.3, -0.25) is 15.1 Å². The third-order valence-electron chi connectivity index (χ3n) is 6.31. The van der Waals surface area contributed by atoms with Crippen molar-refractivity contribution in [2.75, 3.05) is 32.5 Å². The van der Waals surface area contributed by atoms with E-state index >= 15 is 0 Å². The number of hydrogen-bond donors (Lipinski definition) is 3. The number of anilines is 1. The maximum absolute atomic E-state index is 14.7. The summed E-state index contributed by atoms with van der Waals surface area (Å²) in [4.78, 5) is 14.2. The van der Waals surface area contributed by atoms with E-state index in [1.54, 1.807) is 24.6 Å². The van der Waals surface area contributed by atoms with Gasteiger partial charge in [0.05, 0.1) is 23.1 Å². The van der Waals surface area contributed by atoms with Crippen LogP contribution in [0.2, 0.25) is 0 Å². The van der Waals surface area contributed by atoms with E-state index in [0.29, 0.717) is 6.54 Å². The van der Waals surface area contributed by atoms with Gasteiger partial charge in [0.1, 0.15) is 11.5 Å². The molecule has 8 heteroatoms. The number of aromatic amines is 2. The van der Waals surface area contributed by atoms with E-state index in [1.165, 1.54) is 12.3 Å². The molecule has 0 atom stereocenters. The van der Waals surface area contributed by atoms with E-state index in [2.05, 4.69) is 48.5 Å². The minimum absolute atomic E-state index is 0.304. The summed E-state index contributed by atoms with van der Waals surface area (Å²) in [5.41, 5.74) is 8.30. The van der Waals surface area contributed by atoms with Crippen LogP contribution >= 0.6 is 0 Å². The van der Waals surface area contributed by atoms with Crippen LogP contribution in [-0.2, 0) is 0 Å². The number of aliphatic imine (C=N–C) groups is 1. The standard InChI is InChI=1S/C31H34FN7/c1-7-10-25(22-13-23(32)15-24(14-22)34-11-12-39(5)6)26-16-29(36-20(26)4)31-27-17-28(21(8-2)18-33-9-3)35-19-30(27)37-38-31/h7-10,13-19,34,36H,1,3,11-12H2,2,4-6H3,(H,37,38)/b21-8+,25-10-,33-18?. The normalized spacial score (nSPS) is 12.6. The first-order chi connectivity index (χ1) is 18.8. The van der Waals surface area contributed by atoms with E-state index in [0.717, 1.165) is 68.2 Å². The molecule has 0 unspecified atom stereocenters. The minimum Gasteiger partial charge on any atom is -0.384 e.